The Labute approximate surface area is 188 Å². The van der Waals surface area contributed by atoms with E-state index in [2.05, 4.69) is 20.7 Å². The lowest BCUT2D eigenvalue weighted by Gasteiger charge is -2.29. The standard InChI is InChI=1S/C22H19BrN2O5S/c23-16-5-7-17(8-6-16)24-31(27,28)19-11-9-18(10-12-19)30-15-22(26)25-13-14-29-21-4-2-1-3-20(21)25/h1-12,24H,13-15H2. The van der Waals surface area contributed by atoms with E-state index < -0.39 is 10.0 Å². The molecule has 1 aliphatic heterocycles. The lowest BCUT2D eigenvalue weighted by molar-refractivity contribution is -0.120. The van der Waals surface area contributed by atoms with E-state index in [9.17, 15) is 13.2 Å². The molecule has 0 atom stereocenters. The van der Waals surface area contributed by atoms with Crippen LogP contribution in [-0.2, 0) is 14.8 Å². The van der Waals surface area contributed by atoms with Crippen molar-refractivity contribution in [2.24, 2.45) is 0 Å². The third-order valence-corrected chi connectivity index (χ3v) is 6.55. The Morgan fingerprint density at radius 1 is 1.03 bits per heavy atom. The van der Waals surface area contributed by atoms with Gasteiger partial charge < -0.3 is 14.4 Å². The molecule has 0 fully saturated rings. The van der Waals surface area contributed by atoms with Crippen LogP contribution in [0.5, 0.6) is 11.5 Å². The molecule has 160 valence electrons. The topological polar surface area (TPSA) is 84.9 Å². The largest absolute Gasteiger partial charge is 0.490 e. The summed E-state index contributed by atoms with van der Waals surface area (Å²) in [5.41, 5.74) is 1.17. The quantitative estimate of drug-likeness (QED) is 0.549. The van der Waals surface area contributed by atoms with E-state index in [0.717, 1.165) is 4.47 Å². The molecule has 1 N–H and O–H groups in total. The minimum absolute atomic E-state index is 0.0937. The number of halogens is 1. The number of benzene rings is 3. The fourth-order valence-corrected chi connectivity index (χ4v) is 4.42. The maximum absolute atomic E-state index is 12.6. The summed E-state index contributed by atoms with van der Waals surface area (Å²) in [6.07, 6.45) is 0. The first-order chi connectivity index (χ1) is 14.9. The van der Waals surface area contributed by atoms with E-state index in [-0.39, 0.29) is 17.4 Å². The van der Waals surface area contributed by atoms with Crippen molar-refractivity contribution < 1.29 is 22.7 Å². The monoisotopic (exact) mass is 502 g/mol. The van der Waals surface area contributed by atoms with Crippen LogP contribution in [-0.4, -0.2) is 34.1 Å². The van der Waals surface area contributed by atoms with Gasteiger partial charge in [-0.3, -0.25) is 9.52 Å². The SMILES string of the molecule is O=C(COc1ccc(S(=O)(=O)Nc2ccc(Br)cc2)cc1)N1CCOc2ccccc21. The Balaban J connectivity index is 1.39. The molecule has 0 saturated carbocycles. The smallest absolute Gasteiger partial charge is 0.265 e. The number of ether oxygens (including phenoxy) is 2. The van der Waals surface area contributed by atoms with Gasteiger partial charge in [0.25, 0.3) is 15.9 Å². The van der Waals surface area contributed by atoms with E-state index in [4.69, 9.17) is 9.47 Å². The van der Waals surface area contributed by atoms with Crippen LogP contribution in [0, 0.1) is 0 Å². The lowest BCUT2D eigenvalue weighted by atomic mass is 10.2. The molecule has 31 heavy (non-hydrogen) atoms. The van der Waals surface area contributed by atoms with Crippen LogP contribution in [0.3, 0.4) is 0 Å². The van der Waals surface area contributed by atoms with Crippen LogP contribution in [0.2, 0.25) is 0 Å². The second-order valence-corrected chi connectivity index (χ2v) is 9.33. The number of nitrogens with zero attached hydrogens (tertiary/aromatic N) is 1. The van der Waals surface area contributed by atoms with E-state index in [1.54, 1.807) is 29.2 Å². The van der Waals surface area contributed by atoms with Gasteiger partial charge in [0.15, 0.2) is 6.61 Å². The molecule has 0 saturated heterocycles. The van der Waals surface area contributed by atoms with Gasteiger partial charge in [-0.15, -0.1) is 0 Å². The van der Waals surface area contributed by atoms with Crippen molar-refractivity contribution in [3.63, 3.8) is 0 Å². The molecule has 1 aliphatic rings. The van der Waals surface area contributed by atoms with Crippen LogP contribution in [0.4, 0.5) is 11.4 Å². The highest BCUT2D eigenvalue weighted by Crippen LogP contribution is 2.31. The number of hydrogen-bond acceptors (Lipinski definition) is 5. The number of para-hydroxylation sites is 2. The van der Waals surface area contributed by atoms with E-state index in [1.165, 1.54) is 24.3 Å². The van der Waals surface area contributed by atoms with Gasteiger partial charge >= 0.3 is 0 Å². The highest BCUT2D eigenvalue weighted by atomic mass is 79.9. The number of anilines is 2. The third-order valence-electron chi connectivity index (χ3n) is 4.62. The summed E-state index contributed by atoms with van der Waals surface area (Å²) in [5.74, 6) is 0.858. The fourth-order valence-electron chi connectivity index (χ4n) is 3.10. The van der Waals surface area contributed by atoms with Crippen LogP contribution >= 0.6 is 15.9 Å². The summed E-state index contributed by atoms with van der Waals surface area (Å²) in [5, 5.41) is 0. The summed E-state index contributed by atoms with van der Waals surface area (Å²) in [6.45, 7) is 0.691. The van der Waals surface area contributed by atoms with Crippen LogP contribution in [0.1, 0.15) is 0 Å². The van der Waals surface area contributed by atoms with Gasteiger partial charge in [-0.2, -0.15) is 0 Å². The first-order valence-corrected chi connectivity index (χ1v) is 11.7. The molecule has 3 aromatic carbocycles. The first kappa shape index (κ1) is 21.2. The van der Waals surface area contributed by atoms with Crippen LogP contribution in [0.25, 0.3) is 0 Å². The molecule has 0 aliphatic carbocycles. The fraction of sp³-hybridized carbons (Fsp3) is 0.136. The highest BCUT2D eigenvalue weighted by molar-refractivity contribution is 9.10. The molecule has 0 aromatic heterocycles. The predicted octanol–water partition coefficient (Wildman–Crippen LogP) is 4.05. The average molecular weight is 503 g/mol. The summed E-state index contributed by atoms with van der Waals surface area (Å²) in [7, 11) is -3.73. The van der Waals surface area contributed by atoms with Gasteiger partial charge in [-0.05, 0) is 60.7 Å². The number of sulfonamides is 1. The van der Waals surface area contributed by atoms with Gasteiger partial charge in [0.05, 0.1) is 17.1 Å². The average Bonchev–Trinajstić information content (AvgIpc) is 2.79. The van der Waals surface area contributed by atoms with Crippen molar-refractivity contribution in [2.75, 3.05) is 29.4 Å². The van der Waals surface area contributed by atoms with Gasteiger partial charge in [-0.1, -0.05) is 28.1 Å². The second kappa shape index (κ2) is 8.99. The van der Waals surface area contributed by atoms with Crippen LogP contribution < -0.4 is 19.1 Å². The van der Waals surface area contributed by atoms with Crippen LogP contribution in [0.15, 0.2) is 82.2 Å². The Bertz CT molecular complexity index is 1180. The summed E-state index contributed by atoms with van der Waals surface area (Å²) in [6, 6.07) is 20.1. The zero-order valence-electron chi connectivity index (χ0n) is 16.3. The Morgan fingerprint density at radius 2 is 1.74 bits per heavy atom. The molecule has 3 aromatic rings. The summed E-state index contributed by atoms with van der Waals surface area (Å²) in [4.78, 5) is 14.3. The number of rotatable bonds is 6. The van der Waals surface area contributed by atoms with Crippen molar-refractivity contribution in [1.29, 1.82) is 0 Å². The predicted molar refractivity (Wildman–Crippen MR) is 121 cm³/mol. The molecule has 0 unspecified atom stereocenters. The Hall–Kier alpha value is -3.04. The molecular formula is C22H19BrN2O5S. The zero-order valence-corrected chi connectivity index (χ0v) is 18.7. The molecule has 1 amide bonds. The molecule has 4 rings (SSSR count). The van der Waals surface area contributed by atoms with Crippen molar-refractivity contribution in [1.82, 2.24) is 0 Å². The molecule has 9 heteroatoms. The number of hydrogen-bond donors (Lipinski definition) is 1. The molecule has 0 bridgehead atoms. The number of carbonyl (C=O) groups is 1. The molecule has 1 heterocycles. The summed E-state index contributed by atoms with van der Waals surface area (Å²) < 4.78 is 39.6. The van der Waals surface area contributed by atoms with Gasteiger partial charge in [0.1, 0.15) is 18.1 Å². The van der Waals surface area contributed by atoms with Gasteiger partial charge in [-0.25, -0.2) is 8.42 Å². The molecule has 0 spiro atoms. The molecule has 0 radical (unpaired) electrons. The number of carbonyl (C=O) groups excluding carboxylic acids is 1. The highest BCUT2D eigenvalue weighted by Gasteiger charge is 2.23. The zero-order chi connectivity index (χ0) is 21.8. The summed E-state index contributed by atoms with van der Waals surface area (Å²) >= 11 is 3.31. The molecular weight excluding hydrogens is 484 g/mol. The Morgan fingerprint density at radius 3 is 2.48 bits per heavy atom. The van der Waals surface area contributed by atoms with Gasteiger partial charge in [0, 0.05) is 10.2 Å². The normalized spacial score (nSPS) is 13.1. The minimum atomic E-state index is -3.73. The Kier molecular flexibility index (Phi) is 6.15. The number of nitrogens with one attached hydrogen (secondary N) is 1. The first-order valence-electron chi connectivity index (χ1n) is 9.46. The van der Waals surface area contributed by atoms with Gasteiger partial charge in [0.2, 0.25) is 0 Å². The number of amides is 1. The maximum Gasteiger partial charge on any atom is 0.265 e. The minimum Gasteiger partial charge on any atom is -0.490 e. The van der Waals surface area contributed by atoms with E-state index >= 15 is 0 Å². The second-order valence-electron chi connectivity index (χ2n) is 6.73. The van der Waals surface area contributed by atoms with Crippen molar-refractivity contribution >= 4 is 43.2 Å². The van der Waals surface area contributed by atoms with Crippen molar-refractivity contribution in [3.8, 4) is 11.5 Å². The number of fused-ring (bicyclic) bond motifs is 1. The van der Waals surface area contributed by atoms with Crippen molar-refractivity contribution in [3.05, 3.63) is 77.3 Å². The lowest BCUT2D eigenvalue weighted by Crippen LogP contribution is -2.40. The van der Waals surface area contributed by atoms with E-state index in [1.807, 2.05) is 24.3 Å². The third kappa shape index (κ3) is 5.00. The van der Waals surface area contributed by atoms with Crippen molar-refractivity contribution in [2.45, 2.75) is 4.90 Å². The molecule has 7 nitrogen and oxygen atoms in total. The van der Waals surface area contributed by atoms with E-state index in [0.29, 0.717) is 36.0 Å². The maximum atomic E-state index is 12.6.